The molecule has 0 radical (unpaired) electrons. The fourth-order valence-electron chi connectivity index (χ4n) is 4.84. The van der Waals surface area contributed by atoms with Crippen molar-refractivity contribution < 1.29 is 43.5 Å². The van der Waals surface area contributed by atoms with Crippen molar-refractivity contribution in [2.45, 2.75) is 138 Å². The fraction of sp³-hybridized carbons (Fsp3) is 0.771. The highest BCUT2D eigenvalue weighted by atomic mass is 16.4. The smallest absolute Gasteiger partial charge is 0.326 e. The summed E-state index contributed by atoms with van der Waals surface area (Å²) in [5, 5.41) is 27.2. The van der Waals surface area contributed by atoms with Crippen molar-refractivity contribution in [1.29, 1.82) is 0 Å². The lowest BCUT2D eigenvalue weighted by molar-refractivity contribution is -0.144. The van der Waals surface area contributed by atoms with E-state index in [0.29, 0.717) is 6.42 Å². The van der Waals surface area contributed by atoms with Crippen LogP contribution in [0.2, 0.25) is 0 Å². The molecular formula is C35H64N8O9. The molecule has 17 nitrogen and oxygen atoms in total. The summed E-state index contributed by atoms with van der Waals surface area (Å²) in [5.41, 5.74) is 5.93. The first-order valence-electron chi connectivity index (χ1n) is 18.0. The molecule has 0 aromatic rings. The van der Waals surface area contributed by atoms with Crippen molar-refractivity contribution in [3.8, 4) is 0 Å². The SMILES string of the molecule is CC[C@H](C)[C@H](NC(=O)[C@H](C)NC(=O)[C@H](C)NC(=O)CNC(=O)[C@H](CC(C)C)NC(=O)[C@@H](NC(=O)[C@@H](N)C(C)C)C(C)C)C(=O)N[C@H](C(=O)O)C(C)C. The third-order valence-corrected chi connectivity index (χ3v) is 8.58. The van der Waals surface area contributed by atoms with E-state index in [-0.39, 0.29) is 30.1 Å². The van der Waals surface area contributed by atoms with Gasteiger partial charge in [0.1, 0.15) is 36.3 Å². The van der Waals surface area contributed by atoms with Gasteiger partial charge in [0.2, 0.25) is 41.4 Å². The molecule has 0 aliphatic rings. The molecule has 0 rings (SSSR count). The Morgan fingerprint density at radius 1 is 0.538 bits per heavy atom. The van der Waals surface area contributed by atoms with Gasteiger partial charge in [-0.05, 0) is 49.9 Å². The Labute approximate surface area is 307 Å². The van der Waals surface area contributed by atoms with E-state index in [0.717, 1.165) is 0 Å². The van der Waals surface area contributed by atoms with Crippen molar-refractivity contribution in [2.75, 3.05) is 6.54 Å². The Bertz CT molecular complexity index is 1260. The van der Waals surface area contributed by atoms with Gasteiger partial charge in [-0.1, -0.05) is 75.7 Å². The number of hydrogen-bond donors (Lipinski definition) is 9. The van der Waals surface area contributed by atoms with Gasteiger partial charge in [-0.25, -0.2) is 4.79 Å². The van der Waals surface area contributed by atoms with E-state index in [1.807, 2.05) is 20.8 Å². The van der Waals surface area contributed by atoms with E-state index < -0.39 is 102 Å². The third kappa shape index (κ3) is 16.4. The van der Waals surface area contributed by atoms with E-state index in [4.69, 9.17) is 5.73 Å². The van der Waals surface area contributed by atoms with Crippen LogP contribution in [0.4, 0.5) is 0 Å². The lowest BCUT2D eigenvalue weighted by atomic mass is 9.96. The van der Waals surface area contributed by atoms with Crippen molar-refractivity contribution in [2.24, 2.45) is 35.3 Å². The molecule has 0 unspecified atom stereocenters. The molecule has 0 saturated carbocycles. The van der Waals surface area contributed by atoms with Crippen molar-refractivity contribution in [3.63, 3.8) is 0 Å². The molecule has 0 bridgehead atoms. The summed E-state index contributed by atoms with van der Waals surface area (Å²) in [7, 11) is 0. The molecule has 0 heterocycles. The van der Waals surface area contributed by atoms with Crippen LogP contribution in [0.15, 0.2) is 0 Å². The molecule has 17 heteroatoms. The Morgan fingerprint density at radius 2 is 1.00 bits per heavy atom. The highest BCUT2D eigenvalue weighted by molar-refractivity contribution is 5.96. The van der Waals surface area contributed by atoms with Crippen LogP contribution in [-0.2, 0) is 38.4 Å². The van der Waals surface area contributed by atoms with E-state index in [2.05, 4.69) is 37.2 Å². The standard InChI is InChI=1S/C35H64N8O9/c1-13-20(10)28(34(50)42-27(19(8)9)35(51)52)43-30(46)22(12)39-29(45)21(11)38-24(44)15-37-31(47)23(14-16(2)3)40-33(49)26(18(6)7)41-32(48)25(36)17(4)5/h16-23,25-28H,13-15,36H2,1-12H3,(H,37,47)(H,38,44)(H,39,45)(H,40,49)(H,41,48)(H,42,50)(H,43,46)(H,51,52)/t20-,21-,22-,23-,25-,26-,27-,28-/m0/s1. The van der Waals surface area contributed by atoms with Crippen LogP contribution in [0, 0.1) is 29.6 Å². The second-order valence-corrected chi connectivity index (χ2v) is 14.9. The Balaban J connectivity index is 5.36. The minimum absolute atomic E-state index is 0.0224. The predicted molar refractivity (Wildman–Crippen MR) is 195 cm³/mol. The topological polar surface area (TPSA) is 267 Å². The van der Waals surface area contributed by atoms with Gasteiger partial charge in [0, 0.05) is 0 Å². The number of amides is 7. The fourth-order valence-corrected chi connectivity index (χ4v) is 4.84. The van der Waals surface area contributed by atoms with Crippen molar-refractivity contribution in [1.82, 2.24) is 37.2 Å². The number of carbonyl (C=O) groups excluding carboxylic acids is 7. The van der Waals surface area contributed by atoms with Gasteiger partial charge in [0.05, 0.1) is 12.6 Å². The monoisotopic (exact) mass is 740 g/mol. The van der Waals surface area contributed by atoms with Crippen molar-refractivity contribution in [3.05, 3.63) is 0 Å². The summed E-state index contributed by atoms with van der Waals surface area (Å²) in [6.07, 6.45) is 0.729. The summed E-state index contributed by atoms with van der Waals surface area (Å²) < 4.78 is 0. The third-order valence-electron chi connectivity index (χ3n) is 8.58. The maximum absolute atomic E-state index is 13.2. The molecule has 8 atom stereocenters. The number of aliphatic carboxylic acids is 1. The summed E-state index contributed by atoms with van der Waals surface area (Å²) in [5.74, 6) is -6.99. The number of hydrogen-bond acceptors (Lipinski definition) is 9. The van der Waals surface area contributed by atoms with Crippen LogP contribution in [0.1, 0.15) is 95.9 Å². The molecule has 0 aliphatic heterocycles. The molecule has 0 spiro atoms. The molecule has 52 heavy (non-hydrogen) atoms. The van der Waals surface area contributed by atoms with Gasteiger partial charge in [0.15, 0.2) is 0 Å². The van der Waals surface area contributed by atoms with E-state index in [1.165, 1.54) is 13.8 Å². The summed E-state index contributed by atoms with van der Waals surface area (Å²) in [6, 6.07) is -7.30. The highest BCUT2D eigenvalue weighted by Crippen LogP contribution is 2.12. The molecule has 10 N–H and O–H groups in total. The van der Waals surface area contributed by atoms with Crippen molar-refractivity contribution >= 4 is 47.3 Å². The Hall–Kier alpha value is -4.28. The maximum Gasteiger partial charge on any atom is 0.326 e. The average Bonchev–Trinajstić information content (AvgIpc) is 3.04. The molecule has 0 aromatic carbocycles. The molecular weight excluding hydrogens is 676 g/mol. The Kier molecular flexibility index (Phi) is 20.7. The number of carbonyl (C=O) groups is 8. The molecule has 0 aliphatic carbocycles. The normalized spacial score (nSPS) is 16.0. The summed E-state index contributed by atoms with van der Waals surface area (Å²) in [4.78, 5) is 102. The van der Waals surface area contributed by atoms with E-state index >= 15 is 0 Å². The first-order valence-corrected chi connectivity index (χ1v) is 18.0. The maximum atomic E-state index is 13.2. The minimum Gasteiger partial charge on any atom is -0.480 e. The number of nitrogens with one attached hydrogen (secondary N) is 7. The zero-order chi connectivity index (χ0) is 40.6. The lowest BCUT2D eigenvalue weighted by Crippen LogP contribution is -2.59. The second-order valence-electron chi connectivity index (χ2n) is 14.9. The molecule has 0 saturated heterocycles. The molecule has 0 aromatic heterocycles. The highest BCUT2D eigenvalue weighted by Gasteiger charge is 2.34. The molecule has 298 valence electrons. The van der Waals surface area contributed by atoms with Gasteiger partial charge in [-0.2, -0.15) is 0 Å². The molecule has 0 fully saturated rings. The summed E-state index contributed by atoms with van der Waals surface area (Å²) >= 11 is 0. The second kappa shape index (κ2) is 22.6. The molecule has 7 amide bonds. The number of rotatable bonds is 22. The van der Waals surface area contributed by atoms with E-state index in [1.54, 1.807) is 48.5 Å². The van der Waals surface area contributed by atoms with Crippen LogP contribution in [0.25, 0.3) is 0 Å². The van der Waals surface area contributed by atoms with Crippen LogP contribution >= 0.6 is 0 Å². The van der Waals surface area contributed by atoms with Crippen LogP contribution in [0.3, 0.4) is 0 Å². The van der Waals surface area contributed by atoms with Gasteiger partial charge in [-0.3, -0.25) is 33.6 Å². The van der Waals surface area contributed by atoms with Gasteiger partial charge in [0.25, 0.3) is 0 Å². The summed E-state index contributed by atoms with van der Waals surface area (Å²) in [6.45, 7) is 19.8. The zero-order valence-corrected chi connectivity index (χ0v) is 32.8. The van der Waals surface area contributed by atoms with Crippen LogP contribution < -0.4 is 43.0 Å². The number of nitrogens with two attached hydrogens (primary N) is 1. The average molecular weight is 741 g/mol. The van der Waals surface area contributed by atoms with Gasteiger partial charge in [-0.15, -0.1) is 0 Å². The Morgan fingerprint density at radius 3 is 1.46 bits per heavy atom. The largest absolute Gasteiger partial charge is 0.480 e. The quantitative estimate of drug-likeness (QED) is 0.0688. The first-order chi connectivity index (χ1) is 23.9. The van der Waals surface area contributed by atoms with Gasteiger partial charge >= 0.3 is 5.97 Å². The van der Waals surface area contributed by atoms with E-state index in [9.17, 15) is 43.5 Å². The minimum atomic E-state index is -1.21. The zero-order valence-electron chi connectivity index (χ0n) is 32.8. The van der Waals surface area contributed by atoms with Crippen LogP contribution in [-0.4, -0.2) is 101 Å². The lowest BCUT2D eigenvalue weighted by Gasteiger charge is -2.28. The predicted octanol–water partition coefficient (Wildman–Crippen LogP) is -0.477. The van der Waals surface area contributed by atoms with Crippen LogP contribution in [0.5, 0.6) is 0 Å². The number of carboxylic acid groups (broad SMARTS) is 1. The number of carboxylic acids is 1. The van der Waals surface area contributed by atoms with Gasteiger partial charge < -0.3 is 48.1 Å². The first kappa shape index (κ1) is 47.7.